The van der Waals surface area contributed by atoms with E-state index >= 15 is 0 Å². The third-order valence-corrected chi connectivity index (χ3v) is 5.22. The molecule has 0 aliphatic rings. The number of carboxylic acid groups (broad SMARTS) is 1. The van der Waals surface area contributed by atoms with Crippen LogP contribution >= 0.6 is 23.2 Å². The quantitative estimate of drug-likeness (QED) is 0.417. The first-order chi connectivity index (χ1) is 16.7. The van der Waals surface area contributed by atoms with Crippen molar-refractivity contribution in [2.45, 2.75) is 12.2 Å². The molecule has 0 aromatic heterocycles. The van der Waals surface area contributed by atoms with E-state index in [2.05, 4.69) is 5.32 Å². The normalized spacial score (nSPS) is 12.2. The largest absolute Gasteiger partial charge is 0.478 e. The van der Waals surface area contributed by atoms with E-state index in [1.807, 2.05) is 0 Å². The highest BCUT2D eigenvalue weighted by Gasteiger charge is 2.41. The molecule has 0 heterocycles. The van der Waals surface area contributed by atoms with Crippen LogP contribution in [-0.4, -0.2) is 41.1 Å². The summed E-state index contributed by atoms with van der Waals surface area (Å²) in [6.07, 6.45) is -4.56. The lowest BCUT2D eigenvalue weighted by Crippen LogP contribution is -2.48. The standard InChI is InChI=1S/C24H16Cl2FNO7/c25-15-9-3-1-7-13(15)23(32)34-19(21(29)28-18-12-6-5-11-17(18)27)20(22(30)31)35-24(33)14-8-2-4-10-16(14)26/h1-12,19-20H,(H,28,29)(H,30,31)/t19-,20+/m1/s1. The van der Waals surface area contributed by atoms with Crippen molar-refractivity contribution in [3.63, 3.8) is 0 Å². The number of hydrogen-bond acceptors (Lipinski definition) is 6. The van der Waals surface area contributed by atoms with E-state index in [1.165, 1.54) is 66.7 Å². The zero-order valence-electron chi connectivity index (χ0n) is 17.6. The molecule has 0 radical (unpaired) electrons. The number of rotatable bonds is 8. The maximum absolute atomic E-state index is 14.1. The van der Waals surface area contributed by atoms with E-state index in [-0.39, 0.29) is 26.9 Å². The molecule has 8 nitrogen and oxygen atoms in total. The van der Waals surface area contributed by atoms with Gasteiger partial charge < -0.3 is 19.9 Å². The Morgan fingerprint density at radius 1 is 0.743 bits per heavy atom. The molecular weight excluding hydrogens is 504 g/mol. The van der Waals surface area contributed by atoms with Gasteiger partial charge in [-0.05, 0) is 36.4 Å². The summed E-state index contributed by atoms with van der Waals surface area (Å²) < 4.78 is 24.2. The third-order valence-electron chi connectivity index (χ3n) is 4.56. The smallest absolute Gasteiger partial charge is 0.349 e. The lowest BCUT2D eigenvalue weighted by Gasteiger charge is -2.24. The van der Waals surface area contributed by atoms with Crippen LogP contribution in [-0.2, 0) is 19.1 Å². The van der Waals surface area contributed by atoms with Crippen LogP contribution in [0.25, 0.3) is 0 Å². The summed E-state index contributed by atoms with van der Waals surface area (Å²) in [5.41, 5.74) is -0.691. The number of esters is 2. The van der Waals surface area contributed by atoms with Crippen LogP contribution < -0.4 is 5.32 Å². The molecular formula is C24H16Cl2FNO7. The molecule has 2 N–H and O–H groups in total. The minimum atomic E-state index is -2.32. The second kappa shape index (κ2) is 11.5. The number of aliphatic carboxylic acids is 1. The minimum absolute atomic E-state index is 0.0364. The predicted octanol–water partition coefficient (Wildman–Crippen LogP) is 4.61. The summed E-state index contributed by atoms with van der Waals surface area (Å²) in [5.74, 6) is -6.29. The Balaban J connectivity index is 1.95. The van der Waals surface area contributed by atoms with Crippen molar-refractivity contribution in [2.24, 2.45) is 0 Å². The van der Waals surface area contributed by atoms with Crippen molar-refractivity contribution in [2.75, 3.05) is 5.32 Å². The van der Waals surface area contributed by atoms with Crippen LogP contribution in [0.4, 0.5) is 10.1 Å². The molecule has 1 amide bonds. The average molecular weight is 520 g/mol. The van der Waals surface area contributed by atoms with Crippen molar-refractivity contribution < 1.29 is 38.1 Å². The van der Waals surface area contributed by atoms with Crippen molar-refractivity contribution in [3.8, 4) is 0 Å². The van der Waals surface area contributed by atoms with E-state index in [9.17, 15) is 28.7 Å². The molecule has 3 rings (SSSR count). The zero-order chi connectivity index (χ0) is 25.5. The fraction of sp³-hybridized carbons (Fsp3) is 0.0833. The Kier molecular flexibility index (Phi) is 8.40. The van der Waals surface area contributed by atoms with Gasteiger partial charge in [0.25, 0.3) is 5.91 Å². The third kappa shape index (κ3) is 6.34. The van der Waals surface area contributed by atoms with E-state index in [0.29, 0.717) is 0 Å². The lowest BCUT2D eigenvalue weighted by atomic mass is 10.1. The highest BCUT2D eigenvalue weighted by Crippen LogP contribution is 2.22. The van der Waals surface area contributed by atoms with Crippen molar-refractivity contribution in [1.29, 1.82) is 0 Å². The second-order valence-corrected chi connectivity index (χ2v) is 7.73. The number of carboxylic acids is 1. The van der Waals surface area contributed by atoms with Gasteiger partial charge in [0.2, 0.25) is 12.2 Å². The number of ether oxygens (including phenoxy) is 2. The first kappa shape index (κ1) is 25.7. The van der Waals surface area contributed by atoms with Crippen LogP contribution in [0.1, 0.15) is 20.7 Å². The summed E-state index contributed by atoms with van der Waals surface area (Å²) in [4.78, 5) is 50.3. The second-order valence-electron chi connectivity index (χ2n) is 6.92. The molecule has 0 fully saturated rings. The number of benzene rings is 3. The summed E-state index contributed by atoms with van der Waals surface area (Å²) in [7, 11) is 0. The topological polar surface area (TPSA) is 119 Å². The Morgan fingerprint density at radius 2 is 1.20 bits per heavy atom. The highest BCUT2D eigenvalue weighted by molar-refractivity contribution is 6.34. The summed E-state index contributed by atoms with van der Waals surface area (Å²) in [6.45, 7) is 0. The van der Waals surface area contributed by atoms with E-state index in [0.717, 1.165) is 6.07 Å². The molecule has 0 saturated heterocycles. The molecule has 0 saturated carbocycles. The van der Waals surface area contributed by atoms with E-state index in [1.54, 1.807) is 0 Å². The van der Waals surface area contributed by atoms with Gasteiger partial charge in [-0.1, -0.05) is 59.6 Å². The molecule has 0 aliphatic heterocycles. The molecule has 3 aromatic rings. The molecule has 0 spiro atoms. The van der Waals surface area contributed by atoms with Crippen molar-refractivity contribution in [1.82, 2.24) is 0 Å². The van der Waals surface area contributed by atoms with Gasteiger partial charge in [-0.15, -0.1) is 0 Å². The minimum Gasteiger partial charge on any atom is -0.478 e. The Bertz CT molecular complexity index is 1280. The van der Waals surface area contributed by atoms with Crippen LogP contribution in [0.15, 0.2) is 72.8 Å². The maximum atomic E-state index is 14.1. The Morgan fingerprint density at radius 3 is 1.69 bits per heavy atom. The van der Waals surface area contributed by atoms with Gasteiger partial charge in [-0.25, -0.2) is 18.8 Å². The van der Waals surface area contributed by atoms with E-state index < -0.39 is 41.8 Å². The molecule has 11 heteroatoms. The van der Waals surface area contributed by atoms with Crippen molar-refractivity contribution >= 4 is 52.7 Å². The molecule has 3 aromatic carbocycles. The van der Waals surface area contributed by atoms with Gasteiger partial charge in [-0.3, -0.25) is 4.79 Å². The zero-order valence-corrected chi connectivity index (χ0v) is 19.1. The monoisotopic (exact) mass is 519 g/mol. The predicted molar refractivity (Wildman–Crippen MR) is 124 cm³/mol. The molecule has 0 aliphatic carbocycles. The molecule has 0 unspecified atom stereocenters. The molecule has 180 valence electrons. The van der Waals surface area contributed by atoms with Crippen LogP contribution in [0.3, 0.4) is 0 Å². The van der Waals surface area contributed by atoms with E-state index in [4.69, 9.17) is 32.7 Å². The number of nitrogens with one attached hydrogen (secondary N) is 1. The highest BCUT2D eigenvalue weighted by atomic mass is 35.5. The van der Waals surface area contributed by atoms with Crippen LogP contribution in [0.5, 0.6) is 0 Å². The Hall–Kier alpha value is -3.95. The van der Waals surface area contributed by atoms with Gasteiger partial charge in [-0.2, -0.15) is 0 Å². The lowest BCUT2D eigenvalue weighted by molar-refractivity contribution is -0.157. The fourth-order valence-corrected chi connectivity index (χ4v) is 3.30. The number of anilines is 1. The fourth-order valence-electron chi connectivity index (χ4n) is 2.87. The van der Waals surface area contributed by atoms with Gasteiger partial charge in [0, 0.05) is 0 Å². The summed E-state index contributed by atoms with van der Waals surface area (Å²) in [6, 6.07) is 16.3. The summed E-state index contributed by atoms with van der Waals surface area (Å²) in [5, 5.41) is 11.8. The number of carbonyl (C=O) groups is 4. The van der Waals surface area contributed by atoms with Gasteiger partial charge in [0.1, 0.15) is 5.82 Å². The average Bonchev–Trinajstić information content (AvgIpc) is 2.82. The molecule has 2 atom stereocenters. The first-order valence-corrected chi connectivity index (χ1v) is 10.6. The molecule has 35 heavy (non-hydrogen) atoms. The number of para-hydroxylation sites is 1. The van der Waals surface area contributed by atoms with Gasteiger partial charge in [0.05, 0.1) is 26.9 Å². The first-order valence-electron chi connectivity index (χ1n) is 9.88. The number of carbonyl (C=O) groups excluding carboxylic acids is 3. The number of amides is 1. The van der Waals surface area contributed by atoms with Crippen molar-refractivity contribution in [3.05, 3.63) is 99.8 Å². The summed E-state index contributed by atoms with van der Waals surface area (Å²) >= 11 is 12.0. The SMILES string of the molecule is O=C(O[C@H](C(=O)O)[C@@H](OC(=O)c1ccccc1Cl)C(=O)Nc1ccccc1F)c1ccccc1Cl. The number of hydrogen-bond donors (Lipinski definition) is 2. The number of halogens is 3. The van der Waals surface area contributed by atoms with Crippen LogP contribution in [0.2, 0.25) is 10.0 Å². The van der Waals surface area contributed by atoms with Crippen LogP contribution in [0, 0.1) is 5.82 Å². The van der Waals surface area contributed by atoms with Gasteiger partial charge in [0.15, 0.2) is 0 Å². The Labute approximate surface area is 208 Å². The maximum Gasteiger partial charge on any atom is 0.349 e. The molecule has 0 bridgehead atoms. The van der Waals surface area contributed by atoms with Gasteiger partial charge >= 0.3 is 17.9 Å².